The normalized spacial score (nSPS) is 19.4. The molecule has 1 aliphatic rings. The maximum absolute atomic E-state index is 13.0. The van der Waals surface area contributed by atoms with Gasteiger partial charge in [-0.2, -0.15) is 0 Å². The van der Waals surface area contributed by atoms with Crippen LogP contribution in [0, 0.1) is 11.6 Å². The predicted molar refractivity (Wildman–Crippen MR) is 57.5 cm³/mol. The Hall–Kier alpha value is -1.16. The lowest BCUT2D eigenvalue weighted by Crippen LogP contribution is -2.43. The van der Waals surface area contributed by atoms with Crippen LogP contribution in [0.4, 0.5) is 8.78 Å². The second kappa shape index (κ2) is 4.37. The van der Waals surface area contributed by atoms with Gasteiger partial charge in [-0.05, 0) is 45.0 Å². The average molecular weight is 227 g/mol. The Kier molecular flexibility index (Phi) is 3.10. The fourth-order valence-electron chi connectivity index (χ4n) is 1.88. The van der Waals surface area contributed by atoms with Crippen LogP contribution in [-0.2, 0) is 0 Å². The van der Waals surface area contributed by atoms with Crippen molar-refractivity contribution in [1.29, 1.82) is 0 Å². The van der Waals surface area contributed by atoms with Crippen molar-refractivity contribution < 1.29 is 13.5 Å². The lowest BCUT2D eigenvalue weighted by atomic mass is 9.94. The highest BCUT2D eigenvalue weighted by Gasteiger charge is 2.28. The van der Waals surface area contributed by atoms with Crippen LogP contribution in [0.3, 0.4) is 0 Å². The van der Waals surface area contributed by atoms with Crippen molar-refractivity contribution >= 4 is 0 Å². The molecule has 1 aromatic carbocycles. The first-order valence-electron chi connectivity index (χ1n) is 5.44. The Morgan fingerprint density at radius 2 is 1.88 bits per heavy atom. The van der Waals surface area contributed by atoms with Gasteiger partial charge < -0.3 is 10.1 Å². The summed E-state index contributed by atoms with van der Waals surface area (Å²) in [5.74, 6) is -1.32. The van der Waals surface area contributed by atoms with Crippen LogP contribution < -0.4 is 10.1 Å². The van der Waals surface area contributed by atoms with Crippen molar-refractivity contribution in [2.24, 2.45) is 0 Å². The maximum Gasteiger partial charge on any atom is 0.162 e. The van der Waals surface area contributed by atoms with Crippen molar-refractivity contribution in [1.82, 2.24) is 5.32 Å². The van der Waals surface area contributed by atoms with E-state index < -0.39 is 11.6 Å². The molecule has 0 bridgehead atoms. The fraction of sp³-hybridized carbons (Fsp3) is 0.500. The molecule has 0 atom stereocenters. The molecule has 0 aliphatic carbocycles. The quantitative estimate of drug-likeness (QED) is 0.838. The number of hydrogen-bond acceptors (Lipinski definition) is 2. The lowest BCUT2D eigenvalue weighted by molar-refractivity contribution is 0.0551. The summed E-state index contributed by atoms with van der Waals surface area (Å²) >= 11 is 0. The van der Waals surface area contributed by atoms with Gasteiger partial charge in [-0.15, -0.1) is 0 Å². The van der Waals surface area contributed by atoms with Crippen molar-refractivity contribution in [2.45, 2.75) is 25.4 Å². The molecule has 0 unspecified atom stereocenters. The Bertz CT molecular complexity index is 375. The summed E-state index contributed by atoms with van der Waals surface area (Å²) in [6.45, 7) is 3.77. The highest BCUT2D eigenvalue weighted by atomic mass is 19.2. The molecule has 88 valence electrons. The molecule has 1 fully saturated rings. The molecule has 1 aliphatic heterocycles. The van der Waals surface area contributed by atoms with E-state index in [0.29, 0.717) is 5.75 Å². The zero-order chi connectivity index (χ0) is 11.6. The zero-order valence-electron chi connectivity index (χ0n) is 9.22. The van der Waals surface area contributed by atoms with E-state index in [0.717, 1.165) is 38.1 Å². The summed E-state index contributed by atoms with van der Waals surface area (Å²) in [6, 6.07) is 3.66. The second-order valence-electron chi connectivity index (χ2n) is 4.38. The van der Waals surface area contributed by atoms with E-state index in [2.05, 4.69) is 5.32 Å². The van der Waals surface area contributed by atoms with Gasteiger partial charge in [-0.1, -0.05) is 0 Å². The first-order chi connectivity index (χ1) is 7.59. The third-order valence-electron chi connectivity index (χ3n) is 2.92. The third kappa shape index (κ3) is 2.50. The second-order valence-corrected chi connectivity index (χ2v) is 4.38. The molecule has 1 aromatic rings. The highest BCUT2D eigenvalue weighted by Crippen LogP contribution is 2.26. The Labute approximate surface area is 93.6 Å². The van der Waals surface area contributed by atoms with Crippen LogP contribution in [0.1, 0.15) is 19.8 Å². The van der Waals surface area contributed by atoms with E-state index in [1.807, 2.05) is 6.92 Å². The van der Waals surface area contributed by atoms with Gasteiger partial charge in [0, 0.05) is 6.07 Å². The van der Waals surface area contributed by atoms with Gasteiger partial charge >= 0.3 is 0 Å². The SMILES string of the molecule is CC1(Oc2ccc(F)c(F)c2)CCNCC1. The van der Waals surface area contributed by atoms with E-state index in [9.17, 15) is 8.78 Å². The molecule has 0 spiro atoms. The minimum absolute atomic E-state index is 0.282. The van der Waals surface area contributed by atoms with Crippen molar-refractivity contribution in [3.05, 3.63) is 29.8 Å². The number of halogens is 2. The molecule has 1 N–H and O–H groups in total. The van der Waals surface area contributed by atoms with Gasteiger partial charge in [-0.3, -0.25) is 0 Å². The first kappa shape index (κ1) is 11.3. The molecule has 0 amide bonds. The molecule has 4 heteroatoms. The van der Waals surface area contributed by atoms with Gasteiger partial charge in [0.15, 0.2) is 11.6 Å². The van der Waals surface area contributed by atoms with Crippen LogP contribution in [0.25, 0.3) is 0 Å². The first-order valence-corrected chi connectivity index (χ1v) is 5.44. The largest absolute Gasteiger partial charge is 0.487 e. The number of ether oxygens (including phenoxy) is 1. The number of nitrogens with one attached hydrogen (secondary N) is 1. The zero-order valence-corrected chi connectivity index (χ0v) is 9.22. The smallest absolute Gasteiger partial charge is 0.162 e. The average Bonchev–Trinajstić information content (AvgIpc) is 2.24. The topological polar surface area (TPSA) is 21.3 Å². The standard InChI is InChI=1S/C12H15F2NO/c1-12(4-6-15-7-5-12)16-9-2-3-10(13)11(14)8-9/h2-3,8,15H,4-7H2,1H3. The lowest BCUT2D eigenvalue weighted by Gasteiger charge is -2.34. The van der Waals surface area contributed by atoms with Crippen molar-refractivity contribution in [2.75, 3.05) is 13.1 Å². The molecular formula is C12H15F2NO. The summed E-state index contributed by atoms with van der Waals surface area (Å²) in [7, 11) is 0. The molecular weight excluding hydrogens is 212 g/mol. The highest BCUT2D eigenvalue weighted by molar-refractivity contribution is 5.24. The number of rotatable bonds is 2. The fourth-order valence-corrected chi connectivity index (χ4v) is 1.88. The van der Waals surface area contributed by atoms with Crippen LogP contribution in [0.5, 0.6) is 5.75 Å². The number of benzene rings is 1. The van der Waals surface area contributed by atoms with Crippen LogP contribution >= 0.6 is 0 Å². The number of hydrogen-bond donors (Lipinski definition) is 1. The van der Waals surface area contributed by atoms with Gasteiger partial charge in [-0.25, -0.2) is 8.78 Å². The van der Waals surface area contributed by atoms with Crippen LogP contribution in [-0.4, -0.2) is 18.7 Å². The maximum atomic E-state index is 13.0. The molecule has 0 saturated carbocycles. The van der Waals surface area contributed by atoms with Gasteiger partial charge in [0.25, 0.3) is 0 Å². The summed E-state index contributed by atoms with van der Waals surface area (Å²) in [6.07, 6.45) is 1.73. The molecule has 2 rings (SSSR count). The molecule has 0 aromatic heterocycles. The summed E-state index contributed by atoms with van der Waals surface area (Å²) in [5.41, 5.74) is -0.282. The van der Waals surface area contributed by atoms with Crippen molar-refractivity contribution in [3.63, 3.8) is 0 Å². The minimum Gasteiger partial charge on any atom is -0.487 e. The minimum atomic E-state index is -0.866. The number of piperidine rings is 1. The summed E-state index contributed by atoms with van der Waals surface area (Å²) in [4.78, 5) is 0. The summed E-state index contributed by atoms with van der Waals surface area (Å²) < 4.78 is 31.5. The van der Waals surface area contributed by atoms with Crippen LogP contribution in [0.2, 0.25) is 0 Å². The van der Waals surface area contributed by atoms with E-state index in [1.54, 1.807) is 0 Å². The third-order valence-corrected chi connectivity index (χ3v) is 2.92. The molecule has 1 saturated heterocycles. The van der Waals surface area contributed by atoms with Gasteiger partial charge in [0.2, 0.25) is 0 Å². The van der Waals surface area contributed by atoms with E-state index in [-0.39, 0.29) is 5.60 Å². The molecule has 0 radical (unpaired) electrons. The Balaban J connectivity index is 2.10. The van der Waals surface area contributed by atoms with Crippen LogP contribution in [0.15, 0.2) is 18.2 Å². The van der Waals surface area contributed by atoms with Crippen molar-refractivity contribution in [3.8, 4) is 5.75 Å². The van der Waals surface area contributed by atoms with E-state index >= 15 is 0 Å². The molecule has 1 heterocycles. The molecule has 16 heavy (non-hydrogen) atoms. The Morgan fingerprint density at radius 1 is 1.19 bits per heavy atom. The Morgan fingerprint density at radius 3 is 2.50 bits per heavy atom. The van der Waals surface area contributed by atoms with E-state index in [4.69, 9.17) is 4.74 Å². The molecule has 2 nitrogen and oxygen atoms in total. The van der Waals surface area contributed by atoms with Gasteiger partial charge in [0.1, 0.15) is 11.4 Å². The predicted octanol–water partition coefficient (Wildman–Crippen LogP) is 2.49. The van der Waals surface area contributed by atoms with Gasteiger partial charge in [0.05, 0.1) is 0 Å². The summed E-state index contributed by atoms with van der Waals surface area (Å²) in [5, 5.41) is 3.23. The monoisotopic (exact) mass is 227 g/mol. The van der Waals surface area contributed by atoms with E-state index in [1.165, 1.54) is 6.07 Å².